The molecule has 5 N–H and O–H groups in total. The summed E-state index contributed by atoms with van der Waals surface area (Å²) >= 11 is 0. The molecule has 2 aromatic rings. The summed E-state index contributed by atoms with van der Waals surface area (Å²) in [5, 5.41) is 8.85. The molecule has 1 aromatic heterocycles. The van der Waals surface area contributed by atoms with Gasteiger partial charge in [0, 0.05) is 17.4 Å². The normalized spacial score (nSPS) is 10.2. The first kappa shape index (κ1) is 10.0. The van der Waals surface area contributed by atoms with Crippen LogP contribution in [0.5, 0.6) is 0 Å². The van der Waals surface area contributed by atoms with Gasteiger partial charge in [-0.1, -0.05) is 0 Å². The predicted octanol–water partition coefficient (Wildman–Crippen LogP) is 0.650. The van der Waals surface area contributed by atoms with E-state index in [1.165, 1.54) is 18.3 Å². The maximum absolute atomic E-state index is 10.9. The Kier molecular flexibility index (Phi) is 2.24. The van der Waals surface area contributed by atoms with Gasteiger partial charge in [0.2, 0.25) is 0 Å². The molecule has 6 heteroatoms. The highest BCUT2D eigenvalue weighted by Crippen LogP contribution is 2.20. The van der Waals surface area contributed by atoms with E-state index in [0.717, 1.165) is 0 Å². The Morgan fingerprint density at radius 1 is 1.31 bits per heavy atom. The molecule has 0 aliphatic rings. The zero-order chi connectivity index (χ0) is 11.7. The van der Waals surface area contributed by atoms with Gasteiger partial charge < -0.3 is 20.8 Å². The second-order valence-corrected chi connectivity index (χ2v) is 3.31. The van der Waals surface area contributed by atoms with E-state index in [1.54, 1.807) is 6.07 Å². The molecule has 0 saturated heterocycles. The van der Waals surface area contributed by atoms with E-state index < -0.39 is 5.97 Å². The number of nitrogen functional groups attached to an aromatic ring is 1. The lowest BCUT2D eigenvalue weighted by Crippen LogP contribution is -2.01. The molecule has 0 aliphatic carbocycles. The second kappa shape index (κ2) is 3.58. The minimum atomic E-state index is -1.06. The van der Waals surface area contributed by atoms with Crippen molar-refractivity contribution in [3.05, 3.63) is 40.4 Å². The van der Waals surface area contributed by atoms with Gasteiger partial charge in [-0.2, -0.15) is 0 Å². The van der Waals surface area contributed by atoms with Gasteiger partial charge in [0.05, 0.1) is 11.3 Å². The van der Waals surface area contributed by atoms with E-state index in [2.05, 4.69) is 9.97 Å². The highest BCUT2D eigenvalue weighted by molar-refractivity contribution is 5.90. The minimum absolute atomic E-state index is 0.0806. The number of carbonyl (C=O) groups is 1. The number of rotatable bonds is 2. The van der Waals surface area contributed by atoms with Crippen molar-refractivity contribution < 1.29 is 9.90 Å². The highest BCUT2D eigenvalue weighted by Gasteiger charge is 2.08. The van der Waals surface area contributed by atoms with Crippen LogP contribution in [0.4, 0.5) is 5.69 Å². The number of aromatic amines is 2. The number of nitrogens with two attached hydrogens (primary N) is 1. The summed E-state index contributed by atoms with van der Waals surface area (Å²) in [5.41, 5.74) is 6.69. The molecule has 0 amide bonds. The standard InChI is InChI=1S/C10H9N3O3/c11-7-2-5(1-6(3-7)9(14)15)8-4-12-10(16)13-8/h1-4H,11H2,(H,14,15)(H2,12,13,16). The number of imidazole rings is 1. The number of hydrogen-bond donors (Lipinski definition) is 4. The Labute approximate surface area is 89.7 Å². The number of carboxylic acids is 1. The van der Waals surface area contributed by atoms with Crippen LogP contribution in [0.2, 0.25) is 0 Å². The number of aromatic nitrogens is 2. The number of carboxylic acid groups (broad SMARTS) is 1. The van der Waals surface area contributed by atoms with Gasteiger partial charge in [0.15, 0.2) is 0 Å². The number of benzene rings is 1. The molecule has 0 bridgehead atoms. The van der Waals surface area contributed by atoms with E-state index in [9.17, 15) is 9.59 Å². The van der Waals surface area contributed by atoms with Crippen LogP contribution < -0.4 is 11.4 Å². The van der Waals surface area contributed by atoms with Crippen molar-refractivity contribution in [3.63, 3.8) is 0 Å². The zero-order valence-corrected chi connectivity index (χ0v) is 8.15. The Morgan fingerprint density at radius 3 is 2.62 bits per heavy atom. The molecule has 0 atom stereocenters. The van der Waals surface area contributed by atoms with Crippen LogP contribution in [0, 0.1) is 0 Å². The fraction of sp³-hybridized carbons (Fsp3) is 0. The molecule has 16 heavy (non-hydrogen) atoms. The number of hydrogen-bond acceptors (Lipinski definition) is 3. The summed E-state index contributed by atoms with van der Waals surface area (Å²) in [6.45, 7) is 0. The molecule has 6 nitrogen and oxygen atoms in total. The molecule has 2 rings (SSSR count). The first-order chi connectivity index (χ1) is 7.56. The van der Waals surface area contributed by atoms with E-state index in [4.69, 9.17) is 10.8 Å². The second-order valence-electron chi connectivity index (χ2n) is 3.31. The molecule has 82 valence electrons. The number of anilines is 1. The average molecular weight is 219 g/mol. The van der Waals surface area contributed by atoms with E-state index >= 15 is 0 Å². The number of H-pyrrole nitrogens is 2. The Bertz CT molecular complexity index is 597. The maximum Gasteiger partial charge on any atom is 0.335 e. The largest absolute Gasteiger partial charge is 0.478 e. The van der Waals surface area contributed by atoms with E-state index in [0.29, 0.717) is 16.9 Å². The average Bonchev–Trinajstić information content (AvgIpc) is 2.64. The number of aromatic carboxylic acids is 1. The van der Waals surface area contributed by atoms with Crippen LogP contribution in [-0.2, 0) is 0 Å². The first-order valence-corrected chi connectivity index (χ1v) is 4.48. The molecule has 1 aromatic carbocycles. The summed E-state index contributed by atoms with van der Waals surface area (Å²) < 4.78 is 0. The monoisotopic (exact) mass is 219 g/mol. The summed E-state index contributed by atoms with van der Waals surface area (Å²) in [4.78, 5) is 26.7. The topological polar surface area (TPSA) is 112 Å². The third kappa shape index (κ3) is 1.81. The molecule has 1 heterocycles. The summed E-state index contributed by atoms with van der Waals surface area (Å²) in [7, 11) is 0. The van der Waals surface area contributed by atoms with Gasteiger partial charge in [-0.15, -0.1) is 0 Å². The fourth-order valence-corrected chi connectivity index (χ4v) is 1.42. The van der Waals surface area contributed by atoms with Crippen LogP contribution in [0.1, 0.15) is 10.4 Å². The molecule has 0 aliphatic heterocycles. The summed E-state index contributed by atoms with van der Waals surface area (Å²) in [6, 6.07) is 4.39. The Balaban J connectivity index is 2.57. The van der Waals surface area contributed by atoms with Crippen molar-refractivity contribution in [1.82, 2.24) is 9.97 Å². The molecular formula is C10H9N3O3. The van der Waals surface area contributed by atoms with Crippen LogP contribution in [0.3, 0.4) is 0 Å². The van der Waals surface area contributed by atoms with Crippen LogP contribution in [0.15, 0.2) is 29.2 Å². The maximum atomic E-state index is 10.9. The fourth-order valence-electron chi connectivity index (χ4n) is 1.42. The lowest BCUT2D eigenvalue weighted by atomic mass is 10.1. The van der Waals surface area contributed by atoms with Crippen molar-refractivity contribution in [1.29, 1.82) is 0 Å². The van der Waals surface area contributed by atoms with Crippen LogP contribution in [-0.4, -0.2) is 21.0 Å². The van der Waals surface area contributed by atoms with Gasteiger partial charge in [0.1, 0.15) is 0 Å². The predicted molar refractivity (Wildman–Crippen MR) is 58.2 cm³/mol. The van der Waals surface area contributed by atoms with Gasteiger partial charge in [0.25, 0.3) is 0 Å². The third-order valence-electron chi connectivity index (χ3n) is 2.11. The molecular weight excluding hydrogens is 210 g/mol. The van der Waals surface area contributed by atoms with Crippen molar-refractivity contribution in [2.75, 3.05) is 5.73 Å². The van der Waals surface area contributed by atoms with Crippen LogP contribution >= 0.6 is 0 Å². The smallest absolute Gasteiger partial charge is 0.335 e. The lowest BCUT2D eigenvalue weighted by molar-refractivity contribution is 0.0697. The van der Waals surface area contributed by atoms with Crippen molar-refractivity contribution in [2.45, 2.75) is 0 Å². The Morgan fingerprint density at radius 2 is 2.06 bits per heavy atom. The summed E-state index contributed by atoms with van der Waals surface area (Å²) in [5.74, 6) is -1.06. The van der Waals surface area contributed by atoms with Gasteiger partial charge in [-0.05, 0) is 18.2 Å². The van der Waals surface area contributed by atoms with Gasteiger partial charge >= 0.3 is 11.7 Å². The molecule has 0 spiro atoms. The van der Waals surface area contributed by atoms with Crippen LogP contribution in [0.25, 0.3) is 11.3 Å². The zero-order valence-electron chi connectivity index (χ0n) is 8.15. The van der Waals surface area contributed by atoms with Gasteiger partial charge in [-0.25, -0.2) is 9.59 Å². The first-order valence-electron chi connectivity index (χ1n) is 4.48. The van der Waals surface area contributed by atoms with E-state index in [-0.39, 0.29) is 11.3 Å². The highest BCUT2D eigenvalue weighted by atomic mass is 16.4. The molecule has 0 radical (unpaired) electrons. The van der Waals surface area contributed by atoms with E-state index in [1.807, 2.05) is 0 Å². The molecule has 0 unspecified atom stereocenters. The van der Waals surface area contributed by atoms with Crippen molar-refractivity contribution in [3.8, 4) is 11.3 Å². The number of nitrogens with one attached hydrogen (secondary N) is 2. The van der Waals surface area contributed by atoms with Crippen molar-refractivity contribution >= 4 is 11.7 Å². The third-order valence-corrected chi connectivity index (χ3v) is 2.11. The summed E-state index contributed by atoms with van der Waals surface area (Å²) in [6.07, 6.45) is 1.46. The molecule has 0 saturated carbocycles. The quantitative estimate of drug-likeness (QED) is 0.555. The Hall–Kier alpha value is -2.50. The van der Waals surface area contributed by atoms with Crippen molar-refractivity contribution in [2.24, 2.45) is 0 Å². The minimum Gasteiger partial charge on any atom is -0.478 e. The van der Waals surface area contributed by atoms with Gasteiger partial charge in [-0.3, -0.25) is 0 Å². The molecule has 0 fully saturated rings. The lowest BCUT2D eigenvalue weighted by Gasteiger charge is -2.02. The SMILES string of the molecule is Nc1cc(C(=O)O)cc(-c2c[nH]c(=O)[nH]2)c1.